The Bertz CT molecular complexity index is 599. The van der Waals surface area contributed by atoms with Crippen LogP contribution in [0.2, 0.25) is 0 Å². The molecule has 1 saturated heterocycles. The Morgan fingerprint density at radius 3 is 2.54 bits per heavy atom. The van der Waals surface area contributed by atoms with Gasteiger partial charge < -0.3 is 15.5 Å². The van der Waals surface area contributed by atoms with E-state index in [1.807, 2.05) is 18.8 Å². The SMILES string of the molecule is CN=C(NCC1CN(C)CCN1C)NC(C)Cc1c(C)nn(C)c1C.I. The third-order valence-electron chi connectivity index (χ3n) is 5.26. The molecule has 7 nitrogen and oxygen atoms in total. The molecule has 1 fully saturated rings. The Balaban J connectivity index is 0.00000338. The van der Waals surface area contributed by atoms with Crippen LogP contribution in [0.4, 0.5) is 0 Å². The molecule has 2 heterocycles. The fourth-order valence-corrected chi connectivity index (χ4v) is 3.43. The zero-order chi connectivity index (χ0) is 18.6. The van der Waals surface area contributed by atoms with Gasteiger partial charge in [0.05, 0.1) is 5.69 Å². The van der Waals surface area contributed by atoms with Gasteiger partial charge in [0.25, 0.3) is 0 Å². The van der Waals surface area contributed by atoms with E-state index >= 15 is 0 Å². The molecule has 0 bridgehead atoms. The second-order valence-electron chi connectivity index (χ2n) is 7.37. The van der Waals surface area contributed by atoms with Gasteiger partial charge in [0.15, 0.2) is 5.96 Å². The molecule has 2 atom stereocenters. The average molecular weight is 477 g/mol. The summed E-state index contributed by atoms with van der Waals surface area (Å²) >= 11 is 0. The van der Waals surface area contributed by atoms with E-state index in [2.05, 4.69) is 65.4 Å². The Morgan fingerprint density at radius 1 is 1.27 bits per heavy atom. The molecule has 0 aromatic carbocycles. The standard InChI is InChI=1S/C18H35N7.HI/c1-13(10-17-14(2)22-25(7)15(17)3)21-18(19-4)20-11-16-12-23(5)8-9-24(16)6;/h13,16H,8-12H2,1-7H3,(H2,19,20,21);1H. The Kier molecular flexibility index (Phi) is 9.32. The van der Waals surface area contributed by atoms with Gasteiger partial charge in [0.1, 0.15) is 0 Å². The summed E-state index contributed by atoms with van der Waals surface area (Å²) in [6.45, 7) is 10.6. The molecule has 8 heteroatoms. The summed E-state index contributed by atoms with van der Waals surface area (Å²) in [4.78, 5) is 9.20. The number of rotatable bonds is 5. The van der Waals surface area contributed by atoms with Gasteiger partial charge in [-0.1, -0.05) is 0 Å². The maximum atomic E-state index is 4.51. The summed E-state index contributed by atoms with van der Waals surface area (Å²) in [6.07, 6.45) is 0.943. The van der Waals surface area contributed by atoms with Crippen LogP contribution in [0.5, 0.6) is 0 Å². The first kappa shape index (κ1) is 23.2. The van der Waals surface area contributed by atoms with Gasteiger partial charge in [0, 0.05) is 58.1 Å². The summed E-state index contributed by atoms with van der Waals surface area (Å²) in [5.41, 5.74) is 3.68. The third-order valence-corrected chi connectivity index (χ3v) is 5.26. The third kappa shape index (κ3) is 6.09. The average Bonchev–Trinajstić information content (AvgIpc) is 2.80. The minimum Gasteiger partial charge on any atom is -0.355 e. The number of likely N-dealkylation sites (N-methyl/N-ethyl adjacent to an activating group) is 2. The first-order chi connectivity index (χ1) is 11.8. The molecule has 0 amide bonds. The van der Waals surface area contributed by atoms with E-state index in [4.69, 9.17) is 0 Å². The fraction of sp³-hybridized carbons (Fsp3) is 0.778. The highest BCUT2D eigenvalue weighted by molar-refractivity contribution is 14.0. The number of aliphatic imine (C=N–C) groups is 1. The van der Waals surface area contributed by atoms with Crippen molar-refractivity contribution in [3.8, 4) is 0 Å². The van der Waals surface area contributed by atoms with Gasteiger partial charge in [0.2, 0.25) is 0 Å². The van der Waals surface area contributed by atoms with E-state index in [-0.39, 0.29) is 24.0 Å². The van der Waals surface area contributed by atoms with Gasteiger partial charge in [-0.05, 0) is 46.9 Å². The second kappa shape index (κ2) is 10.5. The van der Waals surface area contributed by atoms with Crippen molar-refractivity contribution in [2.75, 3.05) is 47.3 Å². The van der Waals surface area contributed by atoms with Crippen molar-refractivity contribution < 1.29 is 0 Å². The zero-order valence-electron chi connectivity index (χ0n) is 17.3. The van der Waals surface area contributed by atoms with Crippen LogP contribution in [0.15, 0.2) is 4.99 Å². The van der Waals surface area contributed by atoms with E-state index in [0.29, 0.717) is 12.1 Å². The molecular formula is C18H36IN7. The van der Waals surface area contributed by atoms with E-state index in [0.717, 1.165) is 44.3 Å². The first-order valence-corrected chi connectivity index (χ1v) is 9.16. The predicted molar refractivity (Wildman–Crippen MR) is 120 cm³/mol. The van der Waals surface area contributed by atoms with Gasteiger partial charge in [-0.3, -0.25) is 14.6 Å². The zero-order valence-corrected chi connectivity index (χ0v) is 19.7. The maximum absolute atomic E-state index is 4.51. The lowest BCUT2D eigenvalue weighted by Crippen LogP contribution is -2.56. The summed E-state index contributed by atoms with van der Waals surface area (Å²) in [5.74, 6) is 0.869. The number of guanidine groups is 1. The van der Waals surface area contributed by atoms with Crippen LogP contribution >= 0.6 is 24.0 Å². The highest BCUT2D eigenvalue weighted by Gasteiger charge is 2.22. The molecule has 2 N–H and O–H groups in total. The summed E-state index contributed by atoms with van der Waals surface area (Å²) in [7, 11) is 8.22. The minimum atomic E-state index is 0. The number of nitrogens with zero attached hydrogens (tertiary/aromatic N) is 5. The quantitative estimate of drug-likeness (QED) is 0.377. The Morgan fingerprint density at radius 2 is 1.96 bits per heavy atom. The molecule has 150 valence electrons. The van der Waals surface area contributed by atoms with Crippen molar-refractivity contribution in [1.82, 2.24) is 30.2 Å². The van der Waals surface area contributed by atoms with E-state index < -0.39 is 0 Å². The predicted octanol–water partition coefficient (Wildman–Crippen LogP) is 0.997. The lowest BCUT2D eigenvalue weighted by atomic mass is 10.1. The van der Waals surface area contributed by atoms with Crippen LogP contribution < -0.4 is 10.6 Å². The molecule has 2 rings (SSSR count). The number of hydrogen-bond donors (Lipinski definition) is 2. The van der Waals surface area contributed by atoms with Crippen LogP contribution in [-0.4, -0.2) is 84.9 Å². The molecule has 0 saturated carbocycles. The first-order valence-electron chi connectivity index (χ1n) is 9.16. The van der Waals surface area contributed by atoms with Crippen molar-refractivity contribution in [1.29, 1.82) is 0 Å². The molecule has 1 aromatic rings. The molecule has 2 unspecified atom stereocenters. The van der Waals surface area contributed by atoms with Crippen molar-refractivity contribution in [3.05, 3.63) is 17.0 Å². The molecule has 1 aromatic heterocycles. The molecule has 0 aliphatic carbocycles. The van der Waals surface area contributed by atoms with Crippen LogP contribution in [0.25, 0.3) is 0 Å². The van der Waals surface area contributed by atoms with Crippen molar-refractivity contribution in [2.45, 2.75) is 39.3 Å². The molecule has 0 radical (unpaired) electrons. The summed E-state index contributed by atoms with van der Waals surface area (Å²) in [6, 6.07) is 0.801. The normalized spacial score (nSPS) is 20.6. The number of halogens is 1. The number of hydrogen-bond acceptors (Lipinski definition) is 4. The molecule has 26 heavy (non-hydrogen) atoms. The monoisotopic (exact) mass is 477 g/mol. The number of nitrogens with one attached hydrogen (secondary N) is 2. The maximum Gasteiger partial charge on any atom is 0.191 e. The smallest absolute Gasteiger partial charge is 0.191 e. The van der Waals surface area contributed by atoms with Gasteiger partial charge in [-0.25, -0.2) is 0 Å². The number of aromatic nitrogens is 2. The molecule has 1 aliphatic heterocycles. The number of aryl methyl sites for hydroxylation is 2. The van der Waals surface area contributed by atoms with Gasteiger partial charge in [-0.2, -0.15) is 5.10 Å². The largest absolute Gasteiger partial charge is 0.355 e. The topological polar surface area (TPSA) is 60.7 Å². The summed E-state index contributed by atoms with van der Waals surface area (Å²) < 4.78 is 1.96. The summed E-state index contributed by atoms with van der Waals surface area (Å²) in [5, 5.41) is 11.5. The van der Waals surface area contributed by atoms with Crippen molar-refractivity contribution >= 4 is 29.9 Å². The van der Waals surface area contributed by atoms with E-state index in [9.17, 15) is 0 Å². The van der Waals surface area contributed by atoms with Crippen LogP contribution in [-0.2, 0) is 13.5 Å². The highest BCUT2D eigenvalue weighted by Crippen LogP contribution is 2.14. The number of piperazine rings is 1. The lowest BCUT2D eigenvalue weighted by Gasteiger charge is -2.38. The lowest BCUT2D eigenvalue weighted by molar-refractivity contribution is 0.116. The van der Waals surface area contributed by atoms with Gasteiger partial charge >= 0.3 is 0 Å². The molecular weight excluding hydrogens is 441 g/mol. The van der Waals surface area contributed by atoms with Crippen LogP contribution in [0.3, 0.4) is 0 Å². The minimum absolute atomic E-state index is 0. The molecule has 0 spiro atoms. The van der Waals surface area contributed by atoms with Crippen LogP contribution in [0.1, 0.15) is 23.9 Å². The Hall–Kier alpha value is -0.870. The highest BCUT2D eigenvalue weighted by atomic mass is 127. The fourth-order valence-electron chi connectivity index (χ4n) is 3.43. The van der Waals surface area contributed by atoms with E-state index in [1.165, 1.54) is 11.3 Å². The molecule has 1 aliphatic rings. The second-order valence-corrected chi connectivity index (χ2v) is 7.37. The Labute approximate surface area is 175 Å². The van der Waals surface area contributed by atoms with Crippen LogP contribution in [0, 0.1) is 13.8 Å². The van der Waals surface area contributed by atoms with Gasteiger partial charge in [-0.15, -0.1) is 24.0 Å². The van der Waals surface area contributed by atoms with Crippen molar-refractivity contribution in [2.24, 2.45) is 12.0 Å². The van der Waals surface area contributed by atoms with E-state index in [1.54, 1.807) is 0 Å². The van der Waals surface area contributed by atoms with Crippen molar-refractivity contribution in [3.63, 3.8) is 0 Å².